The molecule has 0 saturated carbocycles. The summed E-state index contributed by atoms with van der Waals surface area (Å²) >= 11 is 0. The second-order valence-corrected chi connectivity index (χ2v) is 8.54. The van der Waals surface area contributed by atoms with Crippen LogP contribution in [0.1, 0.15) is 5.69 Å². The molecule has 136 valence electrons. The summed E-state index contributed by atoms with van der Waals surface area (Å²) in [5, 5.41) is 0. The number of hydrogen-bond donors (Lipinski definition) is 1. The number of rotatable bonds is 4. The van der Waals surface area contributed by atoms with Gasteiger partial charge in [-0.15, -0.1) is 0 Å². The van der Waals surface area contributed by atoms with Crippen LogP contribution in [0.5, 0.6) is 0 Å². The molecule has 6 nitrogen and oxygen atoms in total. The number of sulfone groups is 1. The van der Waals surface area contributed by atoms with Crippen LogP contribution in [-0.2, 0) is 26.0 Å². The molecular weight excluding hydrogens is 388 g/mol. The molecule has 0 amide bonds. The van der Waals surface area contributed by atoms with Crippen molar-refractivity contribution in [3.8, 4) is 0 Å². The van der Waals surface area contributed by atoms with Gasteiger partial charge in [0.1, 0.15) is 22.2 Å². The van der Waals surface area contributed by atoms with Gasteiger partial charge in [0, 0.05) is 6.26 Å². The molecule has 0 unspecified atom stereocenters. The molecule has 0 atom stereocenters. The molecule has 2 aromatic rings. The maximum atomic E-state index is 13.8. The van der Waals surface area contributed by atoms with E-state index in [1.165, 1.54) is 0 Å². The normalized spacial score (nSPS) is 12.8. The summed E-state index contributed by atoms with van der Waals surface area (Å²) in [7, 11) is -8.38. The number of nitrogens with zero attached hydrogens (tertiary/aromatic N) is 1. The molecule has 0 bridgehead atoms. The Labute approximate surface area is 140 Å². The third-order valence-corrected chi connectivity index (χ3v) is 5.37. The average Bonchev–Trinajstić information content (AvgIpc) is 2.44. The lowest BCUT2D eigenvalue weighted by Crippen LogP contribution is -2.16. The van der Waals surface area contributed by atoms with E-state index in [-0.39, 0.29) is 0 Å². The predicted octanol–water partition coefficient (Wildman–Crippen LogP) is 2.44. The molecule has 1 N–H and O–H groups in total. The zero-order valence-electron chi connectivity index (χ0n) is 12.4. The Balaban J connectivity index is 2.39. The van der Waals surface area contributed by atoms with Crippen LogP contribution >= 0.6 is 0 Å². The summed E-state index contributed by atoms with van der Waals surface area (Å²) in [5.41, 5.74) is -1.31. The third-order valence-electron chi connectivity index (χ3n) is 2.89. The summed E-state index contributed by atoms with van der Waals surface area (Å²) in [5.74, 6) is -1.93. The number of sulfonamides is 1. The lowest BCUT2D eigenvalue weighted by atomic mass is 10.3. The van der Waals surface area contributed by atoms with Gasteiger partial charge >= 0.3 is 6.18 Å². The van der Waals surface area contributed by atoms with Gasteiger partial charge < -0.3 is 0 Å². The van der Waals surface area contributed by atoms with E-state index in [0.29, 0.717) is 12.1 Å². The zero-order valence-corrected chi connectivity index (χ0v) is 14.0. The van der Waals surface area contributed by atoms with Gasteiger partial charge in [-0.05, 0) is 30.3 Å². The van der Waals surface area contributed by atoms with Gasteiger partial charge in [-0.2, -0.15) is 13.2 Å². The second-order valence-electron chi connectivity index (χ2n) is 4.88. The Bertz CT molecular complexity index is 1020. The van der Waals surface area contributed by atoms with Gasteiger partial charge in [0.25, 0.3) is 10.0 Å². The number of alkyl halides is 3. The molecule has 0 fully saturated rings. The smallest absolute Gasteiger partial charge is 0.263 e. The van der Waals surface area contributed by atoms with E-state index in [4.69, 9.17) is 0 Å². The number of hydrogen-bond acceptors (Lipinski definition) is 5. The van der Waals surface area contributed by atoms with Crippen molar-refractivity contribution in [3.05, 3.63) is 47.9 Å². The first-order valence-corrected chi connectivity index (χ1v) is 9.75. The highest BCUT2D eigenvalue weighted by molar-refractivity contribution is 7.92. The van der Waals surface area contributed by atoms with Gasteiger partial charge in [-0.3, -0.25) is 4.72 Å². The maximum absolute atomic E-state index is 13.8. The van der Waals surface area contributed by atoms with Crippen molar-refractivity contribution in [1.82, 2.24) is 4.98 Å². The Morgan fingerprint density at radius 1 is 1.04 bits per heavy atom. The van der Waals surface area contributed by atoms with Gasteiger partial charge in [-0.1, -0.05) is 6.07 Å². The number of nitrogens with one attached hydrogen (secondary N) is 1. The molecule has 2 rings (SSSR count). The molecule has 0 aliphatic rings. The van der Waals surface area contributed by atoms with E-state index < -0.39 is 53.2 Å². The summed E-state index contributed by atoms with van der Waals surface area (Å²) in [6.07, 6.45) is -4.03. The molecule has 0 saturated heterocycles. The van der Waals surface area contributed by atoms with Crippen molar-refractivity contribution in [3.63, 3.8) is 0 Å². The zero-order chi connectivity index (χ0) is 19.0. The molecule has 0 aliphatic heterocycles. The van der Waals surface area contributed by atoms with Crippen LogP contribution < -0.4 is 4.72 Å². The molecule has 1 aromatic carbocycles. The Morgan fingerprint density at radius 3 is 2.20 bits per heavy atom. The highest BCUT2D eigenvalue weighted by Crippen LogP contribution is 2.28. The van der Waals surface area contributed by atoms with Gasteiger partial charge in [-0.25, -0.2) is 26.2 Å². The third kappa shape index (κ3) is 4.45. The first kappa shape index (κ1) is 19.1. The Hall–Kier alpha value is -2.21. The monoisotopic (exact) mass is 398 g/mol. The molecule has 0 aliphatic carbocycles. The van der Waals surface area contributed by atoms with Crippen LogP contribution in [-0.4, -0.2) is 28.1 Å². The van der Waals surface area contributed by atoms with E-state index in [9.17, 15) is 34.4 Å². The molecule has 0 spiro atoms. The number of halogens is 4. The molecule has 1 aromatic heterocycles. The van der Waals surface area contributed by atoms with Crippen molar-refractivity contribution in [2.45, 2.75) is 16.0 Å². The summed E-state index contributed by atoms with van der Waals surface area (Å²) in [4.78, 5) is 1.75. The lowest BCUT2D eigenvalue weighted by molar-refractivity contribution is -0.141. The highest BCUT2D eigenvalue weighted by Gasteiger charge is 2.32. The quantitative estimate of drug-likeness (QED) is 0.799. The molecule has 25 heavy (non-hydrogen) atoms. The number of aromatic nitrogens is 1. The van der Waals surface area contributed by atoms with Gasteiger partial charge in [0.05, 0.1) is 4.90 Å². The van der Waals surface area contributed by atoms with Crippen LogP contribution in [0.4, 0.5) is 23.4 Å². The van der Waals surface area contributed by atoms with Crippen LogP contribution in [0.15, 0.2) is 46.2 Å². The van der Waals surface area contributed by atoms with Crippen LogP contribution in [0.3, 0.4) is 0 Å². The van der Waals surface area contributed by atoms with Gasteiger partial charge in [0.15, 0.2) is 9.84 Å². The van der Waals surface area contributed by atoms with E-state index in [0.717, 1.165) is 30.5 Å². The molecule has 0 radical (unpaired) electrons. The first-order chi connectivity index (χ1) is 11.3. The fourth-order valence-electron chi connectivity index (χ4n) is 1.80. The largest absolute Gasteiger partial charge is 0.433 e. The minimum atomic E-state index is -4.77. The predicted molar refractivity (Wildman–Crippen MR) is 79.6 cm³/mol. The van der Waals surface area contributed by atoms with Gasteiger partial charge in [0.2, 0.25) is 0 Å². The molecular formula is C13H10F4N2O4S2. The number of benzene rings is 1. The van der Waals surface area contributed by atoms with E-state index in [2.05, 4.69) is 4.98 Å². The summed E-state index contributed by atoms with van der Waals surface area (Å²) < 4.78 is 100. The fraction of sp³-hybridized carbons (Fsp3) is 0.154. The second kappa shape index (κ2) is 6.26. The number of pyridine rings is 1. The summed E-state index contributed by atoms with van der Waals surface area (Å²) in [6.45, 7) is 0. The summed E-state index contributed by atoms with van der Waals surface area (Å²) in [6, 6.07) is 4.59. The van der Waals surface area contributed by atoms with E-state index in [1.807, 2.05) is 0 Å². The van der Waals surface area contributed by atoms with Crippen LogP contribution in [0, 0.1) is 5.82 Å². The average molecular weight is 398 g/mol. The first-order valence-electron chi connectivity index (χ1n) is 6.37. The van der Waals surface area contributed by atoms with Crippen LogP contribution in [0.2, 0.25) is 0 Å². The fourth-order valence-corrected chi connectivity index (χ4v) is 3.54. The maximum Gasteiger partial charge on any atom is 0.433 e. The minimum Gasteiger partial charge on any atom is -0.263 e. The Kier molecular flexibility index (Phi) is 4.79. The van der Waals surface area contributed by atoms with Crippen molar-refractivity contribution in [2.24, 2.45) is 0 Å². The van der Waals surface area contributed by atoms with Crippen molar-refractivity contribution >= 4 is 25.7 Å². The SMILES string of the molecule is CS(=O)(=O)c1ccc(S(=O)(=O)Nc2cccc(C(F)(F)F)n2)cc1F. The molecule has 12 heteroatoms. The van der Waals surface area contributed by atoms with E-state index in [1.54, 1.807) is 4.72 Å². The Morgan fingerprint density at radius 2 is 1.68 bits per heavy atom. The topological polar surface area (TPSA) is 93.2 Å². The van der Waals surface area contributed by atoms with Crippen molar-refractivity contribution < 1.29 is 34.4 Å². The number of anilines is 1. The lowest BCUT2D eigenvalue weighted by Gasteiger charge is -2.11. The molecule has 1 heterocycles. The standard InChI is InChI=1S/C13H10F4N2O4S2/c1-24(20,21)10-6-5-8(7-9(10)14)25(22,23)19-12-4-2-3-11(18-12)13(15,16)17/h2-7H,1H3,(H,18,19). The highest BCUT2D eigenvalue weighted by atomic mass is 32.2. The van der Waals surface area contributed by atoms with Crippen LogP contribution in [0.25, 0.3) is 0 Å². The van der Waals surface area contributed by atoms with Crippen molar-refractivity contribution in [1.29, 1.82) is 0 Å². The minimum absolute atomic E-state index is 0.451. The van der Waals surface area contributed by atoms with E-state index >= 15 is 0 Å². The van der Waals surface area contributed by atoms with Crippen molar-refractivity contribution in [2.75, 3.05) is 11.0 Å².